The average molecular weight is 574 g/mol. The van der Waals surface area contributed by atoms with Crippen LogP contribution in [0.3, 0.4) is 0 Å². The number of anilines is 1. The third-order valence-corrected chi connectivity index (χ3v) is 8.37. The summed E-state index contributed by atoms with van der Waals surface area (Å²) in [5, 5.41) is 2.97. The lowest BCUT2D eigenvalue weighted by atomic mass is 10.1. The van der Waals surface area contributed by atoms with Crippen molar-refractivity contribution in [3.05, 3.63) is 82.9 Å². The predicted octanol–water partition coefficient (Wildman–Crippen LogP) is 4.02. The molecule has 0 bridgehead atoms. The first kappa shape index (κ1) is 29.8. The maximum Gasteiger partial charge on any atom is 0.264 e. The second-order valence-electron chi connectivity index (χ2n) is 8.74. The van der Waals surface area contributed by atoms with Crippen molar-refractivity contribution in [2.24, 2.45) is 0 Å². The molecule has 9 nitrogen and oxygen atoms in total. The summed E-state index contributed by atoms with van der Waals surface area (Å²) in [6.07, 6.45) is 0. The summed E-state index contributed by atoms with van der Waals surface area (Å²) >= 11 is 6.06. The minimum absolute atomic E-state index is 0.104. The maximum absolute atomic E-state index is 14.0. The first-order valence-corrected chi connectivity index (χ1v) is 13.9. The lowest BCUT2D eigenvalue weighted by Gasteiger charge is -2.32. The highest BCUT2D eigenvalue weighted by Gasteiger charge is 2.33. The van der Waals surface area contributed by atoms with Crippen LogP contribution in [0.2, 0.25) is 5.02 Å². The quantitative estimate of drug-likeness (QED) is 0.371. The first-order valence-electron chi connectivity index (χ1n) is 12.1. The summed E-state index contributed by atoms with van der Waals surface area (Å²) in [5.74, 6) is -0.365. The van der Waals surface area contributed by atoms with E-state index in [0.29, 0.717) is 10.8 Å². The molecule has 1 atom stereocenters. The minimum Gasteiger partial charge on any atom is -0.493 e. The lowest BCUT2D eigenvalue weighted by molar-refractivity contribution is -0.139. The van der Waals surface area contributed by atoms with Gasteiger partial charge in [-0.05, 0) is 61.4 Å². The van der Waals surface area contributed by atoms with Crippen LogP contribution < -0.4 is 19.1 Å². The Kier molecular flexibility index (Phi) is 9.82. The molecule has 0 saturated heterocycles. The van der Waals surface area contributed by atoms with Crippen molar-refractivity contribution in [1.29, 1.82) is 0 Å². The molecule has 0 aromatic heterocycles. The normalized spacial score (nSPS) is 11.8. The third kappa shape index (κ3) is 6.82. The zero-order valence-corrected chi connectivity index (χ0v) is 24.0. The molecular formula is C28H32ClN3O6S. The molecule has 1 N–H and O–H groups in total. The zero-order valence-electron chi connectivity index (χ0n) is 22.5. The summed E-state index contributed by atoms with van der Waals surface area (Å²) in [6.45, 7) is 3.06. The van der Waals surface area contributed by atoms with Crippen LogP contribution in [0, 0.1) is 6.92 Å². The van der Waals surface area contributed by atoms with E-state index in [0.717, 1.165) is 15.4 Å². The van der Waals surface area contributed by atoms with Crippen LogP contribution in [-0.2, 0) is 26.2 Å². The van der Waals surface area contributed by atoms with Gasteiger partial charge in [-0.3, -0.25) is 13.9 Å². The molecule has 208 valence electrons. The average Bonchev–Trinajstić information content (AvgIpc) is 2.94. The number of carbonyl (C=O) groups excluding carboxylic acids is 2. The first-order chi connectivity index (χ1) is 18.5. The molecule has 2 amide bonds. The van der Waals surface area contributed by atoms with Gasteiger partial charge in [0.05, 0.1) is 24.8 Å². The number of hydrogen-bond donors (Lipinski definition) is 1. The number of ether oxygens (including phenoxy) is 2. The van der Waals surface area contributed by atoms with Crippen molar-refractivity contribution in [3.63, 3.8) is 0 Å². The highest BCUT2D eigenvalue weighted by molar-refractivity contribution is 7.92. The van der Waals surface area contributed by atoms with Crippen LogP contribution in [0.1, 0.15) is 18.1 Å². The van der Waals surface area contributed by atoms with Crippen molar-refractivity contribution in [1.82, 2.24) is 10.2 Å². The summed E-state index contributed by atoms with van der Waals surface area (Å²) in [5.41, 5.74) is 2.00. The van der Waals surface area contributed by atoms with Crippen LogP contribution in [0.5, 0.6) is 11.5 Å². The Morgan fingerprint density at radius 2 is 1.62 bits per heavy atom. The van der Waals surface area contributed by atoms with Gasteiger partial charge in [-0.25, -0.2) is 8.42 Å². The summed E-state index contributed by atoms with van der Waals surface area (Å²) < 4.78 is 39.5. The SMILES string of the molecule is CNC(=O)[C@@H](C)N(Cc1ccccc1C)C(=O)CN(c1ccc(Cl)cc1)S(=O)(=O)c1ccc(OC)c(OC)c1. The molecule has 0 radical (unpaired) electrons. The predicted molar refractivity (Wildman–Crippen MR) is 151 cm³/mol. The molecule has 3 rings (SSSR count). The second-order valence-corrected chi connectivity index (χ2v) is 11.0. The van der Waals surface area contributed by atoms with E-state index < -0.39 is 28.5 Å². The number of rotatable bonds is 11. The molecule has 3 aromatic rings. The number of benzene rings is 3. The van der Waals surface area contributed by atoms with Gasteiger partial charge in [0, 0.05) is 24.7 Å². The minimum atomic E-state index is -4.28. The number of amides is 2. The van der Waals surface area contributed by atoms with Crippen molar-refractivity contribution < 1.29 is 27.5 Å². The molecule has 0 aliphatic carbocycles. The van der Waals surface area contributed by atoms with Gasteiger partial charge in [0.1, 0.15) is 12.6 Å². The van der Waals surface area contributed by atoms with Crippen LogP contribution >= 0.6 is 11.6 Å². The van der Waals surface area contributed by atoms with Crippen molar-refractivity contribution >= 4 is 39.1 Å². The molecule has 0 heterocycles. The molecule has 0 aliphatic rings. The fraction of sp³-hybridized carbons (Fsp3) is 0.286. The Labute approximate surface area is 234 Å². The van der Waals surface area contributed by atoms with E-state index in [2.05, 4.69) is 5.32 Å². The van der Waals surface area contributed by atoms with E-state index in [1.807, 2.05) is 31.2 Å². The molecule has 0 aliphatic heterocycles. The standard InChI is InChI=1S/C28H32ClN3O6S/c1-19-8-6-7-9-21(19)17-31(20(2)28(34)30-3)27(33)18-32(23-12-10-22(29)11-13-23)39(35,36)24-14-15-25(37-4)26(16-24)38-5/h6-16,20H,17-18H2,1-5H3,(H,30,34)/t20-/m1/s1. The van der Waals surface area contributed by atoms with Crippen LogP contribution in [0.25, 0.3) is 0 Å². The van der Waals surface area contributed by atoms with Gasteiger partial charge in [-0.15, -0.1) is 0 Å². The Hall–Kier alpha value is -3.76. The smallest absolute Gasteiger partial charge is 0.264 e. The summed E-state index contributed by atoms with van der Waals surface area (Å²) in [6, 6.07) is 16.9. The molecule has 3 aromatic carbocycles. The molecule has 39 heavy (non-hydrogen) atoms. The molecular weight excluding hydrogens is 542 g/mol. The fourth-order valence-electron chi connectivity index (χ4n) is 4.00. The summed E-state index contributed by atoms with van der Waals surface area (Å²) in [7, 11) is 0.0509. The Morgan fingerprint density at radius 1 is 0.974 bits per heavy atom. The number of likely N-dealkylation sites (N-methyl/N-ethyl adjacent to an activating group) is 1. The number of methoxy groups -OCH3 is 2. The zero-order chi connectivity index (χ0) is 28.7. The highest BCUT2D eigenvalue weighted by Crippen LogP contribution is 2.32. The van der Waals surface area contributed by atoms with E-state index in [1.165, 1.54) is 68.6 Å². The van der Waals surface area contributed by atoms with E-state index in [4.69, 9.17) is 21.1 Å². The van der Waals surface area contributed by atoms with E-state index >= 15 is 0 Å². The van der Waals surface area contributed by atoms with Crippen molar-refractivity contribution in [3.8, 4) is 11.5 Å². The number of nitrogens with one attached hydrogen (secondary N) is 1. The van der Waals surface area contributed by atoms with Crippen LogP contribution in [0.15, 0.2) is 71.6 Å². The molecule has 11 heteroatoms. The largest absolute Gasteiger partial charge is 0.493 e. The van der Waals surface area contributed by atoms with Crippen LogP contribution in [-0.4, -0.2) is 59.0 Å². The van der Waals surface area contributed by atoms with Crippen LogP contribution in [0.4, 0.5) is 5.69 Å². The molecule has 0 spiro atoms. The number of halogens is 1. The molecule has 0 saturated carbocycles. The Balaban J connectivity index is 2.08. The number of carbonyl (C=O) groups is 2. The lowest BCUT2D eigenvalue weighted by Crippen LogP contribution is -2.50. The summed E-state index contributed by atoms with van der Waals surface area (Å²) in [4.78, 5) is 27.7. The van der Waals surface area contributed by atoms with Gasteiger partial charge in [-0.1, -0.05) is 35.9 Å². The number of hydrogen-bond acceptors (Lipinski definition) is 6. The fourth-order valence-corrected chi connectivity index (χ4v) is 5.56. The molecule has 0 unspecified atom stereocenters. The van der Waals surface area contributed by atoms with Gasteiger partial charge in [0.15, 0.2) is 11.5 Å². The topological polar surface area (TPSA) is 105 Å². The number of nitrogens with zero attached hydrogens (tertiary/aromatic N) is 2. The number of aryl methyl sites for hydroxylation is 1. The van der Waals surface area contributed by atoms with E-state index in [-0.39, 0.29) is 28.8 Å². The highest BCUT2D eigenvalue weighted by atomic mass is 35.5. The Morgan fingerprint density at radius 3 is 2.21 bits per heavy atom. The van der Waals surface area contributed by atoms with Gasteiger partial charge >= 0.3 is 0 Å². The number of sulfonamides is 1. The van der Waals surface area contributed by atoms with Crippen molar-refractivity contribution in [2.75, 3.05) is 32.1 Å². The van der Waals surface area contributed by atoms with Crippen molar-refractivity contribution in [2.45, 2.75) is 31.3 Å². The third-order valence-electron chi connectivity index (χ3n) is 6.35. The van der Waals surface area contributed by atoms with E-state index in [1.54, 1.807) is 6.92 Å². The Bertz CT molecular complexity index is 1430. The maximum atomic E-state index is 14.0. The van der Waals surface area contributed by atoms with Gasteiger partial charge in [0.2, 0.25) is 11.8 Å². The molecule has 0 fully saturated rings. The van der Waals surface area contributed by atoms with Gasteiger partial charge in [-0.2, -0.15) is 0 Å². The van der Waals surface area contributed by atoms with Gasteiger partial charge < -0.3 is 19.7 Å². The van der Waals surface area contributed by atoms with Gasteiger partial charge in [0.25, 0.3) is 10.0 Å². The second kappa shape index (κ2) is 12.9. The van der Waals surface area contributed by atoms with E-state index in [9.17, 15) is 18.0 Å². The monoisotopic (exact) mass is 573 g/mol.